The molecule has 0 unspecified atom stereocenters. The van der Waals surface area contributed by atoms with E-state index >= 15 is 0 Å². The van der Waals surface area contributed by atoms with Crippen LogP contribution in [0.15, 0.2) is 52.4 Å². The number of nitrogens with one attached hydrogen (secondary N) is 1. The highest BCUT2D eigenvalue weighted by atomic mass is 35.5. The number of fused-ring (bicyclic) bond motifs is 1. The summed E-state index contributed by atoms with van der Waals surface area (Å²) in [7, 11) is 0. The maximum absolute atomic E-state index is 12.5. The molecule has 0 aliphatic carbocycles. The smallest absolute Gasteiger partial charge is 0.258 e. The van der Waals surface area contributed by atoms with Crippen molar-refractivity contribution >= 4 is 40.2 Å². The van der Waals surface area contributed by atoms with Crippen molar-refractivity contribution in [1.29, 1.82) is 0 Å². The molecule has 1 N–H and O–H groups in total. The number of nitrogens with zero attached hydrogens (tertiary/aromatic N) is 5. The Labute approximate surface area is 194 Å². The molecule has 3 heterocycles. The lowest BCUT2D eigenvalue weighted by molar-refractivity contribution is 0.564. The summed E-state index contributed by atoms with van der Waals surface area (Å²) in [6, 6.07) is 13.5. The van der Waals surface area contributed by atoms with Crippen molar-refractivity contribution in [2.45, 2.75) is 37.1 Å². The third kappa shape index (κ3) is 4.25. The minimum Gasteiger partial charge on any atom is -0.341 e. The predicted octanol–water partition coefficient (Wildman–Crippen LogP) is 4.75. The Balaban J connectivity index is 1.48. The van der Waals surface area contributed by atoms with Gasteiger partial charge in [0, 0.05) is 18.1 Å². The number of aryl methyl sites for hydroxylation is 1. The van der Waals surface area contributed by atoms with E-state index < -0.39 is 0 Å². The molecule has 9 heteroatoms. The fraction of sp³-hybridized carbons (Fsp3) is 0.304. The van der Waals surface area contributed by atoms with Gasteiger partial charge in [0.2, 0.25) is 5.95 Å². The maximum Gasteiger partial charge on any atom is 0.258 e. The summed E-state index contributed by atoms with van der Waals surface area (Å²) >= 11 is 7.59. The average molecular weight is 467 g/mol. The van der Waals surface area contributed by atoms with Crippen molar-refractivity contribution in [3.05, 3.63) is 69.2 Å². The molecule has 0 radical (unpaired) electrons. The first kappa shape index (κ1) is 21.0. The topological polar surface area (TPSA) is 79.7 Å². The molecule has 5 rings (SSSR count). The van der Waals surface area contributed by atoms with E-state index in [9.17, 15) is 4.79 Å². The van der Waals surface area contributed by atoms with E-state index in [-0.39, 0.29) is 5.56 Å². The van der Waals surface area contributed by atoms with Gasteiger partial charge in [-0.15, -0.1) is 10.2 Å². The highest BCUT2D eigenvalue weighted by Crippen LogP contribution is 2.30. The van der Waals surface area contributed by atoms with Crippen LogP contribution in [0.3, 0.4) is 0 Å². The maximum atomic E-state index is 12.5. The third-order valence-electron chi connectivity index (χ3n) is 5.60. The van der Waals surface area contributed by atoms with Crippen LogP contribution in [-0.2, 0) is 5.75 Å². The number of aromatic amines is 1. The van der Waals surface area contributed by atoms with Crippen LogP contribution in [0.5, 0.6) is 0 Å². The van der Waals surface area contributed by atoms with Crippen LogP contribution in [0.4, 0.5) is 5.95 Å². The van der Waals surface area contributed by atoms with Gasteiger partial charge in [0.05, 0.1) is 22.3 Å². The summed E-state index contributed by atoms with van der Waals surface area (Å²) in [6.07, 6.45) is 3.57. The molecule has 0 saturated carbocycles. The van der Waals surface area contributed by atoms with Crippen LogP contribution in [0.2, 0.25) is 5.02 Å². The molecule has 0 amide bonds. The molecule has 2 aromatic carbocycles. The Morgan fingerprint density at radius 2 is 1.84 bits per heavy atom. The van der Waals surface area contributed by atoms with Crippen LogP contribution >= 0.6 is 23.4 Å². The first-order valence-corrected chi connectivity index (χ1v) is 12.0. The van der Waals surface area contributed by atoms with Crippen LogP contribution in [0.1, 0.15) is 30.7 Å². The number of halogens is 1. The van der Waals surface area contributed by atoms with E-state index in [2.05, 4.69) is 60.8 Å². The van der Waals surface area contributed by atoms with Crippen LogP contribution in [-0.4, -0.2) is 37.8 Å². The van der Waals surface area contributed by atoms with Crippen molar-refractivity contribution in [1.82, 2.24) is 24.7 Å². The SMILES string of the molecule is Cc1ccc(-n2c(SCc3nc4cc(Cl)ccc4c(=O)[nH]3)nnc2N2CCCCC2)cc1. The molecule has 1 aliphatic rings. The zero-order valence-corrected chi connectivity index (χ0v) is 19.3. The van der Waals surface area contributed by atoms with Crippen molar-refractivity contribution in [2.24, 2.45) is 0 Å². The zero-order chi connectivity index (χ0) is 22.1. The Morgan fingerprint density at radius 1 is 1.06 bits per heavy atom. The number of piperidine rings is 1. The molecule has 164 valence electrons. The van der Waals surface area contributed by atoms with E-state index in [0.717, 1.165) is 42.7 Å². The lowest BCUT2D eigenvalue weighted by Crippen LogP contribution is -2.31. The molecule has 1 aliphatic heterocycles. The summed E-state index contributed by atoms with van der Waals surface area (Å²) in [5.74, 6) is 1.90. The number of benzene rings is 2. The minimum absolute atomic E-state index is 0.170. The van der Waals surface area contributed by atoms with E-state index in [1.807, 2.05) is 0 Å². The van der Waals surface area contributed by atoms with Crippen LogP contribution < -0.4 is 10.5 Å². The molecule has 0 atom stereocenters. The molecule has 1 fully saturated rings. The fourth-order valence-corrected chi connectivity index (χ4v) is 4.92. The quantitative estimate of drug-likeness (QED) is 0.427. The summed E-state index contributed by atoms with van der Waals surface area (Å²) in [5, 5.41) is 10.9. The van der Waals surface area contributed by atoms with Crippen LogP contribution in [0.25, 0.3) is 16.6 Å². The van der Waals surface area contributed by atoms with E-state index in [0.29, 0.717) is 27.5 Å². The molecular weight excluding hydrogens is 444 g/mol. The normalized spacial score (nSPS) is 14.2. The van der Waals surface area contributed by atoms with Crippen molar-refractivity contribution in [2.75, 3.05) is 18.0 Å². The fourth-order valence-electron chi connectivity index (χ4n) is 3.94. The van der Waals surface area contributed by atoms with Crippen molar-refractivity contribution < 1.29 is 0 Å². The van der Waals surface area contributed by atoms with Gasteiger partial charge in [-0.1, -0.05) is 41.1 Å². The molecule has 32 heavy (non-hydrogen) atoms. The molecule has 7 nitrogen and oxygen atoms in total. The van der Waals surface area contributed by atoms with Gasteiger partial charge in [0.1, 0.15) is 5.82 Å². The van der Waals surface area contributed by atoms with E-state index in [4.69, 9.17) is 11.6 Å². The Kier molecular flexibility index (Phi) is 5.89. The predicted molar refractivity (Wildman–Crippen MR) is 129 cm³/mol. The van der Waals surface area contributed by atoms with E-state index in [1.54, 1.807) is 18.2 Å². The Bertz CT molecular complexity index is 1310. The number of anilines is 1. The summed E-state index contributed by atoms with van der Waals surface area (Å²) in [4.78, 5) is 22.2. The van der Waals surface area contributed by atoms with Gasteiger partial charge >= 0.3 is 0 Å². The van der Waals surface area contributed by atoms with Crippen LogP contribution in [0, 0.1) is 6.92 Å². The monoisotopic (exact) mass is 466 g/mol. The van der Waals surface area contributed by atoms with Gasteiger partial charge < -0.3 is 9.88 Å². The Hall–Kier alpha value is -2.84. The first-order chi connectivity index (χ1) is 15.6. The average Bonchev–Trinajstić information content (AvgIpc) is 3.22. The largest absolute Gasteiger partial charge is 0.341 e. The van der Waals surface area contributed by atoms with Crippen molar-refractivity contribution in [3.63, 3.8) is 0 Å². The molecule has 1 saturated heterocycles. The highest BCUT2D eigenvalue weighted by molar-refractivity contribution is 7.98. The second-order valence-electron chi connectivity index (χ2n) is 7.96. The van der Waals surface area contributed by atoms with Gasteiger partial charge in [-0.3, -0.25) is 9.36 Å². The molecule has 2 aromatic heterocycles. The number of rotatable bonds is 5. The lowest BCUT2D eigenvalue weighted by Gasteiger charge is -2.27. The summed E-state index contributed by atoms with van der Waals surface area (Å²) in [6.45, 7) is 4.04. The second-order valence-corrected chi connectivity index (χ2v) is 9.34. The third-order valence-corrected chi connectivity index (χ3v) is 6.78. The number of thioether (sulfide) groups is 1. The van der Waals surface area contributed by atoms with Crippen molar-refractivity contribution in [3.8, 4) is 5.69 Å². The molecule has 0 bridgehead atoms. The molecule has 4 aromatic rings. The number of aromatic nitrogens is 5. The van der Waals surface area contributed by atoms with Gasteiger partial charge in [-0.05, 0) is 56.5 Å². The highest BCUT2D eigenvalue weighted by Gasteiger charge is 2.22. The lowest BCUT2D eigenvalue weighted by atomic mass is 10.1. The number of H-pyrrole nitrogens is 1. The van der Waals surface area contributed by atoms with Gasteiger partial charge in [0.15, 0.2) is 5.16 Å². The second kappa shape index (κ2) is 8.96. The number of hydrogen-bond donors (Lipinski definition) is 1. The molecule has 0 spiro atoms. The van der Waals surface area contributed by atoms with Gasteiger partial charge in [0.25, 0.3) is 5.56 Å². The standard InChI is InChI=1S/C23H23ClN6OS/c1-15-5-8-17(9-6-15)30-22(29-11-3-2-4-12-29)27-28-23(30)32-14-20-25-19-13-16(24)7-10-18(19)21(31)26-20/h5-10,13H,2-4,11-12,14H2,1H3,(H,25,26,31). The minimum atomic E-state index is -0.170. The number of hydrogen-bond acceptors (Lipinski definition) is 6. The summed E-state index contributed by atoms with van der Waals surface area (Å²) in [5.41, 5.74) is 2.64. The molecular formula is C23H23ClN6OS. The zero-order valence-electron chi connectivity index (χ0n) is 17.7. The summed E-state index contributed by atoms with van der Waals surface area (Å²) < 4.78 is 2.10. The van der Waals surface area contributed by atoms with E-state index in [1.165, 1.54) is 23.7 Å². The van der Waals surface area contributed by atoms with Gasteiger partial charge in [-0.2, -0.15) is 0 Å². The first-order valence-electron chi connectivity index (χ1n) is 10.7. The Morgan fingerprint density at radius 3 is 2.62 bits per heavy atom. The van der Waals surface area contributed by atoms with Gasteiger partial charge in [-0.25, -0.2) is 4.98 Å².